The minimum Gasteiger partial charge on any atom is -0.454 e. The summed E-state index contributed by atoms with van der Waals surface area (Å²) >= 11 is 0. The van der Waals surface area contributed by atoms with Gasteiger partial charge in [-0.15, -0.1) is 0 Å². The molecule has 3 heterocycles. The highest BCUT2D eigenvalue weighted by atomic mass is 31.2. The van der Waals surface area contributed by atoms with Crippen molar-refractivity contribution in [1.82, 2.24) is 9.13 Å². The number of aromatic nitrogens is 2. The predicted molar refractivity (Wildman–Crippen MR) is 298 cm³/mol. The number of hydrogen-bond acceptors (Lipinski definition) is 2. The molecule has 0 aliphatic carbocycles. The Morgan fingerprint density at radius 2 is 0.732 bits per heavy atom. The van der Waals surface area contributed by atoms with Gasteiger partial charge in [0.05, 0.1) is 27.8 Å². The quantitative estimate of drug-likeness (QED) is 0.142. The van der Waals surface area contributed by atoms with Crippen LogP contribution in [-0.2, 0) is 4.57 Å². The Bertz CT molecular complexity index is 4300. The summed E-state index contributed by atoms with van der Waals surface area (Å²) in [4.78, 5) is 0. The molecule has 14 rings (SSSR count). The number of benzene rings is 11. The van der Waals surface area contributed by atoms with Gasteiger partial charge in [0, 0.05) is 53.9 Å². The predicted octanol–water partition coefficient (Wildman–Crippen LogP) is 16.4. The van der Waals surface area contributed by atoms with Crippen LogP contribution in [0.1, 0.15) is 0 Å². The lowest BCUT2D eigenvalue weighted by Crippen LogP contribution is -2.25. The van der Waals surface area contributed by atoms with E-state index < -0.39 is 7.14 Å². The summed E-state index contributed by atoms with van der Waals surface area (Å²) < 4.78 is 27.3. The lowest BCUT2D eigenvalue weighted by Gasteiger charge is -2.20. The fourth-order valence-corrected chi connectivity index (χ4v) is 13.8. The fraction of sp³-hybridized carbons (Fsp3) is 0. The van der Waals surface area contributed by atoms with Crippen LogP contribution in [0.4, 0.5) is 0 Å². The second-order valence-electron chi connectivity index (χ2n) is 18.4. The molecule has 0 atom stereocenters. The lowest BCUT2D eigenvalue weighted by molar-refractivity contribution is 0.592. The highest BCUT2D eigenvalue weighted by Gasteiger charge is 2.30. The third kappa shape index (κ3) is 6.57. The van der Waals surface area contributed by atoms with Crippen LogP contribution >= 0.6 is 7.14 Å². The van der Waals surface area contributed by atoms with E-state index in [2.05, 4.69) is 197 Å². The van der Waals surface area contributed by atoms with Crippen molar-refractivity contribution in [3.8, 4) is 44.8 Å². The summed E-state index contributed by atoms with van der Waals surface area (Å²) in [6, 6.07) is 91.5. The highest BCUT2D eigenvalue weighted by Crippen LogP contribution is 2.45. The summed E-state index contributed by atoms with van der Waals surface area (Å²) in [6.07, 6.45) is 0. The average molecular weight is 927 g/mol. The largest absolute Gasteiger partial charge is 0.454 e. The SMILES string of the molecule is O=P(c1ccccc1)(c1ccccc1)c1cccc(-c2cccc(-c3cc(-n4c5ccccc5c5ccccc54)c4oc5ccc(-c6cccc(-n7c8ccccc8c8ccccc87)c6)cc5c4c3)c2)c1. The Kier molecular flexibility index (Phi) is 9.45. The maximum absolute atomic E-state index is 15.5. The molecule has 11 aromatic carbocycles. The molecule has 71 heavy (non-hydrogen) atoms. The van der Waals surface area contributed by atoms with E-state index in [4.69, 9.17) is 4.42 Å². The number of nitrogens with zero attached hydrogens (tertiary/aromatic N) is 2. The Morgan fingerprint density at radius 1 is 0.296 bits per heavy atom. The van der Waals surface area contributed by atoms with Gasteiger partial charge in [-0.05, 0) is 106 Å². The number of rotatable bonds is 8. The molecule has 4 nitrogen and oxygen atoms in total. The van der Waals surface area contributed by atoms with Crippen LogP contribution in [0.3, 0.4) is 0 Å². The standard InChI is InChI=1S/C66H43N2O2P/c69-71(51-23-3-1-4-24-51,52-25-5-2-6-26-52)53-27-17-21-47(40-53)44-18-15-19-45(38-44)49-42-59-58-41-48(46-20-16-22-50(39-46)67-60-32-11-7-28-54(60)55-29-8-12-33-61(55)67)36-37-65(58)70-66(59)64(43-49)68-62-34-13-9-30-56(62)57-31-10-14-35-63(57)68/h1-43H. The van der Waals surface area contributed by atoms with Gasteiger partial charge in [-0.3, -0.25) is 0 Å². The van der Waals surface area contributed by atoms with E-state index >= 15 is 4.57 Å². The van der Waals surface area contributed by atoms with Crippen LogP contribution in [0.25, 0.3) is 110 Å². The van der Waals surface area contributed by atoms with E-state index in [-0.39, 0.29) is 0 Å². The third-order valence-electron chi connectivity index (χ3n) is 14.4. The van der Waals surface area contributed by atoms with E-state index in [1.165, 1.54) is 32.6 Å². The van der Waals surface area contributed by atoms with Crippen molar-refractivity contribution >= 4 is 88.6 Å². The van der Waals surface area contributed by atoms with Crippen molar-refractivity contribution in [1.29, 1.82) is 0 Å². The molecule has 0 N–H and O–H groups in total. The van der Waals surface area contributed by atoms with Gasteiger partial charge >= 0.3 is 0 Å². The van der Waals surface area contributed by atoms with E-state index in [0.717, 1.165) is 93.6 Å². The molecule has 0 saturated heterocycles. The monoisotopic (exact) mass is 926 g/mol. The second kappa shape index (κ2) is 16.3. The Labute approximate surface area is 410 Å². The first-order chi connectivity index (χ1) is 35.1. The number of furan rings is 1. The minimum absolute atomic E-state index is 0.800. The summed E-state index contributed by atoms with van der Waals surface area (Å²) in [5, 5.41) is 9.37. The summed E-state index contributed by atoms with van der Waals surface area (Å²) in [7, 11) is -3.19. The van der Waals surface area contributed by atoms with Crippen LogP contribution in [0.5, 0.6) is 0 Å². The zero-order valence-corrected chi connectivity index (χ0v) is 39.4. The lowest BCUT2D eigenvalue weighted by atomic mass is 9.96. The maximum atomic E-state index is 15.5. The van der Waals surface area contributed by atoms with Gasteiger partial charge < -0.3 is 18.1 Å². The number of hydrogen-bond donors (Lipinski definition) is 0. The molecule has 0 aliphatic rings. The van der Waals surface area contributed by atoms with Gasteiger partial charge in [0.15, 0.2) is 12.7 Å². The average Bonchev–Trinajstić information content (AvgIpc) is 4.11. The van der Waals surface area contributed by atoms with Crippen molar-refractivity contribution in [2.24, 2.45) is 0 Å². The van der Waals surface area contributed by atoms with Gasteiger partial charge in [-0.25, -0.2) is 0 Å². The van der Waals surface area contributed by atoms with Gasteiger partial charge in [0.1, 0.15) is 5.58 Å². The molecular formula is C66H43N2O2P. The fourth-order valence-electron chi connectivity index (χ4n) is 11.1. The smallest absolute Gasteiger partial charge is 0.171 e. The van der Waals surface area contributed by atoms with E-state index in [1.54, 1.807) is 0 Å². The topological polar surface area (TPSA) is 40.1 Å². The summed E-state index contributed by atoms with van der Waals surface area (Å²) in [6.45, 7) is 0. The molecule has 0 spiro atoms. The summed E-state index contributed by atoms with van der Waals surface area (Å²) in [5.41, 5.74) is 14.7. The third-order valence-corrected chi connectivity index (χ3v) is 17.4. The van der Waals surface area contributed by atoms with Crippen molar-refractivity contribution in [3.05, 3.63) is 261 Å². The van der Waals surface area contributed by atoms with Gasteiger partial charge in [-0.1, -0.05) is 188 Å². The number of fused-ring (bicyclic) bond motifs is 9. The molecule has 334 valence electrons. The van der Waals surface area contributed by atoms with E-state index in [0.29, 0.717) is 0 Å². The molecule has 14 aromatic rings. The second-order valence-corrected chi connectivity index (χ2v) is 21.2. The van der Waals surface area contributed by atoms with E-state index in [9.17, 15) is 0 Å². The van der Waals surface area contributed by atoms with Crippen LogP contribution in [0.2, 0.25) is 0 Å². The van der Waals surface area contributed by atoms with Crippen molar-refractivity contribution in [3.63, 3.8) is 0 Å². The Hall–Kier alpha value is -8.95. The summed E-state index contributed by atoms with van der Waals surface area (Å²) in [5.74, 6) is 0. The molecule has 0 amide bonds. The van der Waals surface area contributed by atoms with E-state index in [1.807, 2.05) is 72.8 Å². The maximum Gasteiger partial charge on any atom is 0.171 e. The zero-order chi connectivity index (χ0) is 47.0. The number of para-hydroxylation sites is 4. The highest BCUT2D eigenvalue weighted by molar-refractivity contribution is 7.85. The Balaban J connectivity index is 0.951. The minimum atomic E-state index is -3.19. The first-order valence-electron chi connectivity index (χ1n) is 24.1. The molecule has 0 fully saturated rings. The molecule has 3 aromatic heterocycles. The molecule has 0 aliphatic heterocycles. The van der Waals surface area contributed by atoms with Gasteiger partial charge in [0.25, 0.3) is 0 Å². The molecule has 0 unspecified atom stereocenters. The van der Waals surface area contributed by atoms with Crippen LogP contribution in [0.15, 0.2) is 265 Å². The molecule has 0 bridgehead atoms. The van der Waals surface area contributed by atoms with Crippen LogP contribution in [-0.4, -0.2) is 9.13 Å². The van der Waals surface area contributed by atoms with Gasteiger partial charge in [-0.2, -0.15) is 0 Å². The normalized spacial score (nSPS) is 12.0. The van der Waals surface area contributed by atoms with Crippen molar-refractivity contribution < 1.29 is 8.98 Å². The first kappa shape index (κ1) is 41.1. The molecule has 5 heteroatoms. The van der Waals surface area contributed by atoms with Crippen molar-refractivity contribution in [2.75, 3.05) is 0 Å². The van der Waals surface area contributed by atoms with Gasteiger partial charge in [0.2, 0.25) is 0 Å². The molecular weight excluding hydrogens is 884 g/mol. The van der Waals surface area contributed by atoms with Crippen LogP contribution in [0, 0.1) is 0 Å². The van der Waals surface area contributed by atoms with Crippen LogP contribution < -0.4 is 15.9 Å². The first-order valence-corrected chi connectivity index (χ1v) is 25.8. The van der Waals surface area contributed by atoms with Crippen molar-refractivity contribution in [2.45, 2.75) is 0 Å². The molecule has 0 saturated carbocycles. The zero-order valence-electron chi connectivity index (χ0n) is 38.5. The molecule has 0 radical (unpaired) electrons. The Morgan fingerprint density at radius 3 is 1.32 bits per heavy atom.